The number of rotatable bonds is 4. The third-order valence-electron chi connectivity index (χ3n) is 2.54. The van der Waals surface area contributed by atoms with Crippen LogP contribution in [-0.2, 0) is 6.42 Å². The lowest BCUT2D eigenvalue weighted by atomic mass is 10.2. The van der Waals surface area contributed by atoms with E-state index in [4.69, 9.17) is 4.42 Å². The minimum atomic E-state index is 0.468. The van der Waals surface area contributed by atoms with Gasteiger partial charge in [0.05, 0.1) is 0 Å². The molecule has 0 fully saturated rings. The van der Waals surface area contributed by atoms with Crippen LogP contribution in [0.25, 0.3) is 11.0 Å². The molecule has 1 aromatic heterocycles. The van der Waals surface area contributed by atoms with Gasteiger partial charge in [-0.05, 0) is 25.6 Å². The Morgan fingerprint density at radius 3 is 2.87 bits per heavy atom. The first-order chi connectivity index (χ1) is 7.29. The number of benzene rings is 1. The Morgan fingerprint density at radius 1 is 1.33 bits per heavy atom. The van der Waals surface area contributed by atoms with Crippen LogP contribution < -0.4 is 5.32 Å². The van der Waals surface area contributed by atoms with Crippen LogP contribution in [0.4, 0.5) is 0 Å². The zero-order valence-corrected chi connectivity index (χ0v) is 9.29. The maximum atomic E-state index is 5.75. The largest absolute Gasteiger partial charge is 0.461 e. The van der Waals surface area contributed by atoms with E-state index in [9.17, 15) is 0 Å². The molecular formula is C13H17NO. The lowest BCUT2D eigenvalue weighted by Crippen LogP contribution is -2.27. The van der Waals surface area contributed by atoms with E-state index in [1.165, 1.54) is 5.39 Å². The third-order valence-corrected chi connectivity index (χ3v) is 2.54. The van der Waals surface area contributed by atoms with Crippen molar-refractivity contribution < 1.29 is 4.42 Å². The van der Waals surface area contributed by atoms with Gasteiger partial charge >= 0.3 is 0 Å². The molecule has 1 atom stereocenters. The fourth-order valence-corrected chi connectivity index (χ4v) is 1.86. The van der Waals surface area contributed by atoms with Gasteiger partial charge < -0.3 is 9.73 Å². The molecule has 0 spiro atoms. The molecule has 15 heavy (non-hydrogen) atoms. The second kappa shape index (κ2) is 4.49. The predicted octanol–water partition coefficient (Wildman–Crippen LogP) is 2.97. The first kappa shape index (κ1) is 10.2. The molecule has 2 nitrogen and oxygen atoms in total. The Labute approximate surface area is 90.3 Å². The number of nitrogens with one attached hydrogen (secondary N) is 1. The SMILES string of the molecule is CCN[C@H](C)Cc1cc2ccccc2o1. The molecular weight excluding hydrogens is 186 g/mol. The van der Waals surface area contributed by atoms with E-state index in [-0.39, 0.29) is 0 Å². The van der Waals surface area contributed by atoms with E-state index in [1.54, 1.807) is 0 Å². The first-order valence-corrected chi connectivity index (χ1v) is 5.50. The van der Waals surface area contributed by atoms with Crippen molar-refractivity contribution >= 4 is 11.0 Å². The lowest BCUT2D eigenvalue weighted by Gasteiger charge is -2.09. The topological polar surface area (TPSA) is 25.2 Å². The minimum absolute atomic E-state index is 0.468. The molecule has 1 heterocycles. The van der Waals surface area contributed by atoms with Crippen LogP contribution in [0.3, 0.4) is 0 Å². The van der Waals surface area contributed by atoms with Crippen LogP contribution in [-0.4, -0.2) is 12.6 Å². The third kappa shape index (κ3) is 2.39. The van der Waals surface area contributed by atoms with E-state index >= 15 is 0 Å². The molecule has 0 saturated carbocycles. The van der Waals surface area contributed by atoms with E-state index in [1.807, 2.05) is 18.2 Å². The van der Waals surface area contributed by atoms with Gasteiger partial charge in [-0.2, -0.15) is 0 Å². The maximum Gasteiger partial charge on any atom is 0.134 e. The summed E-state index contributed by atoms with van der Waals surface area (Å²) in [7, 11) is 0. The Kier molecular flexibility index (Phi) is 3.07. The van der Waals surface area contributed by atoms with Gasteiger partial charge in [0.15, 0.2) is 0 Å². The molecule has 0 saturated heterocycles. The Morgan fingerprint density at radius 2 is 2.13 bits per heavy atom. The number of furan rings is 1. The van der Waals surface area contributed by atoms with Crippen LogP contribution in [0.15, 0.2) is 34.7 Å². The number of hydrogen-bond acceptors (Lipinski definition) is 2. The van der Waals surface area contributed by atoms with Gasteiger partial charge in [0, 0.05) is 17.8 Å². The molecule has 80 valence electrons. The van der Waals surface area contributed by atoms with Gasteiger partial charge in [-0.1, -0.05) is 25.1 Å². The van der Waals surface area contributed by atoms with E-state index in [0.29, 0.717) is 6.04 Å². The maximum absolute atomic E-state index is 5.75. The highest BCUT2D eigenvalue weighted by Gasteiger charge is 2.06. The normalized spacial score (nSPS) is 13.2. The molecule has 2 rings (SSSR count). The summed E-state index contributed by atoms with van der Waals surface area (Å²) in [4.78, 5) is 0. The molecule has 2 aromatic rings. The Hall–Kier alpha value is -1.28. The van der Waals surface area contributed by atoms with Gasteiger partial charge in [-0.3, -0.25) is 0 Å². The highest BCUT2D eigenvalue weighted by atomic mass is 16.3. The van der Waals surface area contributed by atoms with Gasteiger partial charge in [-0.15, -0.1) is 0 Å². The van der Waals surface area contributed by atoms with Crippen LogP contribution in [0.5, 0.6) is 0 Å². The summed E-state index contributed by atoms with van der Waals surface area (Å²) in [5.41, 5.74) is 0.983. The van der Waals surface area contributed by atoms with Crippen molar-refractivity contribution in [1.82, 2.24) is 5.32 Å². The molecule has 0 aliphatic rings. The van der Waals surface area contributed by atoms with Crippen LogP contribution in [0.2, 0.25) is 0 Å². The van der Waals surface area contributed by atoms with E-state index < -0.39 is 0 Å². The Bertz CT molecular complexity index is 400. The molecule has 1 N–H and O–H groups in total. The monoisotopic (exact) mass is 203 g/mol. The summed E-state index contributed by atoms with van der Waals surface area (Å²) in [6.07, 6.45) is 0.947. The quantitative estimate of drug-likeness (QED) is 0.826. The number of para-hydroxylation sites is 1. The van der Waals surface area contributed by atoms with Gasteiger partial charge in [-0.25, -0.2) is 0 Å². The van der Waals surface area contributed by atoms with Crippen molar-refractivity contribution in [1.29, 1.82) is 0 Å². The average Bonchev–Trinajstić information content (AvgIpc) is 2.59. The van der Waals surface area contributed by atoms with Crippen molar-refractivity contribution in [2.45, 2.75) is 26.3 Å². The second-order valence-corrected chi connectivity index (χ2v) is 3.91. The van der Waals surface area contributed by atoms with Crippen molar-refractivity contribution in [2.24, 2.45) is 0 Å². The van der Waals surface area contributed by atoms with E-state index in [0.717, 1.165) is 24.3 Å². The van der Waals surface area contributed by atoms with Crippen molar-refractivity contribution in [2.75, 3.05) is 6.54 Å². The summed E-state index contributed by atoms with van der Waals surface area (Å²) < 4.78 is 5.75. The number of fused-ring (bicyclic) bond motifs is 1. The molecule has 0 aliphatic heterocycles. The lowest BCUT2D eigenvalue weighted by molar-refractivity contribution is 0.484. The van der Waals surface area contributed by atoms with Crippen LogP contribution >= 0.6 is 0 Å². The number of hydrogen-bond donors (Lipinski definition) is 1. The molecule has 0 amide bonds. The van der Waals surface area contributed by atoms with Gasteiger partial charge in [0.1, 0.15) is 11.3 Å². The molecule has 0 aliphatic carbocycles. The summed E-state index contributed by atoms with van der Waals surface area (Å²) in [6.45, 7) is 5.30. The second-order valence-electron chi connectivity index (χ2n) is 3.91. The standard InChI is InChI=1S/C13H17NO/c1-3-14-10(2)8-12-9-11-6-4-5-7-13(11)15-12/h4-7,9-10,14H,3,8H2,1-2H3/t10-/m1/s1. The minimum Gasteiger partial charge on any atom is -0.461 e. The Balaban J connectivity index is 2.15. The molecule has 0 bridgehead atoms. The molecule has 0 radical (unpaired) electrons. The highest BCUT2D eigenvalue weighted by molar-refractivity contribution is 5.77. The summed E-state index contributed by atoms with van der Waals surface area (Å²) in [5.74, 6) is 1.06. The van der Waals surface area contributed by atoms with E-state index in [2.05, 4.69) is 31.3 Å². The molecule has 2 heteroatoms. The van der Waals surface area contributed by atoms with Crippen molar-refractivity contribution in [3.8, 4) is 0 Å². The van der Waals surface area contributed by atoms with Crippen LogP contribution in [0.1, 0.15) is 19.6 Å². The molecule has 0 unspecified atom stereocenters. The highest BCUT2D eigenvalue weighted by Crippen LogP contribution is 2.19. The molecule has 1 aromatic carbocycles. The zero-order valence-electron chi connectivity index (χ0n) is 9.29. The fraction of sp³-hybridized carbons (Fsp3) is 0.385. The zero-order chi connectivity index (χ0) is 10.7. The van der Waals surface area contributed by atoms with Gasteiger partial charge in [0.2, 0.25) is 0 Å². The summed E-state index contributed by atoms with van der Waals surface area (Å²) in [5, 5.41) is 4.57. The average molecular weight is 203 g/mol. The summed E-state index contributed by atoms with van der Waals surface area (Å²) >= 11 is 0. The van der Waals surface area contributed by atoms with Crippen LogP contribution in [0, 0.1) is 0 Å². The van der Waals surface area contributed by atoms with Crippen molar-refractivity contribution in [3.05, 3.63) is 36.1 Å². The predicted molar refractivity (Wildman–Crippen MR) is 63.1 cm³/mol. The van der Waals surface area contributed by atoms with Crippen molar-refractivity contribution in [3.63, 3.8) is 0 Å². The van der Waals surface area contributed by atoms with Gasteiger partial charge in [0.25, 0.3) is 0 Å². The first-order valence-electron chi connectivity index (χ1n) is 5.50. The number of likely N-dealkylation sites (N-methyl/N-ethyl adjacent to an activating group) is 1. The fourth-order valence-electron chi connectivity index (χ4n) is 1.86. The smallest absolute Gasteiger partial charge is 0.134 e. The summed E-state index contributed by atoms with van der Waals surface area (Å²) in [6, 6.07) is 10.7.